The lowest BCUT2D eigenvalue weighted by Gasteiger charge is -2.22. The smallest absolute Gasteiger partial charge is 0.258 e. The molecule has 20 heavy (non-hydrogen) atoms. The van der Waals surface area contributed by atoms with Crippen molar-refractivity contribution in [3.8, 4) is 0 Å². The quantitative estimate of drug-likeness (QED) is 0.844. The van der Waals surface area contributed by atoms with Crippen molar-refractivity contribution in [2.75, 3.05) is 11.4 Å². The third-order valence-electron chi connectivity index (χ3n) is 3.15. The number of rotatable bonds is 3. The number of hydrogen-bond acceptors (Lipinski definition) is 2. The molecule has 0 atom stereocenters. The summed E-state index contributed by atoms with van der Waals surface area (Å²) in [5.41, 5.74) is 2.19. The summed E-state index contributed by atoms with van der Waals surface area (Å²) < 4.78 is 13.0. The van der Waals surface area contributed by atoms with Gasteiger partial charge < -0.3 is 4.90 Å². The molecule has 1 amide bonds. The first-order valence-corrected chi connectivity index (χ1v) is 6.84. The van der Waals surface area contributed by atoms with Crippen LogP contribution in [-0.4, -0.2) is 12.5 Å². The van der Waals surface area contributed by atoms with Gasteiger partial charge in [-0.3, -0.25) is 4.79 Å². The molecule has 0 aliphatic heterocycles. The molecule has 0 saturated carbocycles. The number of carbonyl (C=O) groups excluding carboxylic acids is 1. The topological polar surface area (TPSA) is 20.3 Å². The Kier molecular flexibility index (Phi) is 4.45. The molecule has 0 radical (unpaired) electrons. The van der Waals surface area contributed by atoms with Gasteiger partial charge in [-0.25, -0.2) is 4.39 Å². The van der Waals surface area contributed by atoms with E-state index in [1.807, 2.05) is 26.0 Å². The Morgan fingerprint density at radius 3 is 2.45 bits per heavy atom. The van der Waals surface area contributed by atoms with E-state index in [9.17, 15) is 9.18 Å². The largest absolute Gasteiger partial charge is 0.309 e. The summed E-state index contributed by atoms with van der Waals surface area (Å²) in [6.45, 7) is 4.29. The lowest BCUT2D eigenvalue weighted by Crippen LogP contribution is -2.31. The fraction of sp³-hybridized carbons (Fsp3) is 0.188. The first kappa shape index (κ1) is 14.6. The van der Waals surface area contributed by atoms with E-state index in [-0.39, 0.29) is 11.7 Å². The van der Waals surface area contributed by atoms with E-state index in [0.29, 0.717) is 17.8 Å². The van der Waals surface area contributed by atoms with Gasteiger partial charge in [0.25, 0.3) is 5.91 Å². The van der Waals surface area contributed by atoms with Gasteiger partial charge in [0, 0.05) is 22.7 Å². The first-order chi connectivity index (χ1) is 9.52. The minimum atomic E-state index is -0.314. The van der Waals surface area contributed by atoms with E-state index < -0.39 is 0 Å². The maximum Gasteiger partial charge on any atom is 0.258 e. The Hall–Kier alpha value is -1.81. The van der Waals surface area contributed by atoms with E-state index in [1.54, 1.807) is 23.1 Å². The number of hydrogen-bond donors (Lipinski definition) is 1. The number of aryl methyl sites for hydroxylation is 1. The molecule has 0 unspecified atom stereocenters. The van der Waals surface area contributed by atoms with E-state index in [4.69, 9.17) is 0 Å². The Balaban J connectivity index is 2.38. The fourth-order valence-corrected chi connectivity index (χ4v) is 2.25. The van der Waals surface area contributed by atoms with Crippen LogP contribution in [0.2, 0.25) is 0 Å². The normalized spacial score (nSPS) is 10.4. The first-order valence-electron chi connectivity index (χ1n) is 6.40. The molecule has 2 aromatic carbocycles. The summed E-state index contributed by atoms with van der Waals surface area (Å²) in [6.07, 6.45) is 0. The third-order valence-corrected chi connectivity index (χ3v) is 3.43. The van der Waals surface area contributed by atoms with E-state index in [0.717, 1.165) is 10.5 Å². The monoisotopic (exact) mass is 289 g/mol. The molecule has 0 saturated heterocycles. The Morgan fingerprint density at radius 1 is 1.20 bits per heavy atom. The molecule has 0 aromatic heterocycles. The zero-order chi connectivity index (χ0) is 14.7. The lowest BCUT2D eigenvalue weighted by molar-refractivity contribution is 0.0987. The van der Waals surface area contributed by atoms with Gasteiger partial charge in [-0.1, -0.05) is 6.07 Å². The van der Waals surface area contributed by atoms with E-state index >= 15 is 0 Å². The van der Waals surface area contributed by atoms with Crippen LogP contribution in [0.15, 0.2) is 47.4 Å². The molecule has 0 aliphatic carbocycles. The van der Waals surface area contributed by atoms with Crippen molar-refractivity contribution in [2.45, 2.75) is 18.7 Å². The van der Waals surface area contributed by atoms with Crippen LogP contribution in [0.4, 0.5) is 10.1 Å². The fourth-order valence-electron chi connectivity index (χ4n) is 2.05. The molecule has 2 aromatic rings. The van der Waals surface area contributed by atoms with Crippen LogP contribution >= 0.6 is 12.6 Å². The maximum atomic E-state index is 13.0. The minimum Gasteiger partial charge on any atom is -0.309 e. The van der Waals surface area contributed by atoms with Crippen molar-refractivity contribution in [1.82, 2.24) is 0 Å². The molecule has 4 heteroatoms. The third kappa shape index (κ3) is 3.02. The summed E-state index contributed by atoms with van der Waals surface area (Å²) in [6, 6.07) is 11.4. The Morgan fingerprint density at radius 2 is 1.85 bits per heavy atom. The summed E-state index contributed by atoms with van der Waals surface area (Å²) in [5.74, 6) is -0.418. The second kappa shape index (κ2) is 6.09. The summed E-state index contributed by atoms with van der Waals surface area (Å²) in [4.78, 5) is 15.0. The zero-order valence-electron chi connectivity index (χ0n) is 11.4. The average Bonchev–Trinajstić information content (AvgIpc) is 2.44. The predicted octanol–water partition coefficient (Wildman–Crippen LogP) is 4.09. The molecule has 2 rings (SSSR count). The van der Waals surface area contributed by atoms with Crippen LogP contribution in [0.25, 0.3) is 0 Å². The molecule has 0 spiro atoms. The van der Waals surface area contributed by atoms with Gasteiger partial charge in [-0.15, -0.1) is 12.6 Å². The standard InChI is InChI=1S/C16H16FNOS/c1-3-18(13-7-5-12(17)6-8-13)16(19)15-10-14(20)9-4-11(15)2/h4-10,20H,3H2,1-2H3. The van der Waals surface area contributed by atoms with E-state index in [1.165, 1.54) is 12.1 Å². The van der Waals surface area contributed by atoms with Crippen molar-refractivity contribution in [1.29, 1.82) is 0 Å². The molecule has 2 nitrogen and oxygen atoms in total. The second-order valence-corrected chi connectivity index (χ2v) is 5.04. The van der Waals surface area contributed by atoms with Gasteiger partial charge in [0.1, 0.15) is 5.82 Å². The molecule has 0 aliphatic rings. The number of amides is 1. The molecular weight excluding hydrogens is 273 g/mol. The molecule has 104 valence electrons. The highest BCUT2D eigenvalue weighted by Gasteiger charge is 2.18. The Bertz CT molecular complexity index is 625. The van der Waals surface area contributed by atoms with Crippen molar-refractivity contribution in [2.24, 2.45) is 0 Å². The van der Waals surface area contributed by atoms with Crippen molar-refractivity contribution in [3.63, 3.8) is 0 Å². The van der Waals surface area contributed by atoms with Crippen molar-refractivity contribution >= 4 is 24.2 Å². The van der Waals surface area contributed by atoms with Crippen LogP contribution < -0.4 is 4.90 Å². The van der Waals surface area contributed by atoms with Crippen LogP contribution in [0.5, 0.6) is 0 Å². The molecule has 0 fully saturated rings. The van der Waals surface area contributed by atoms with Gasteiger partial charge in [0.2, 0.25) is 0 Å². The number of benzene rings is 2. The van der Waals surface area contributed by atoms with Gasteiger partial charge in [0.15, 0.2) is 0 Å². The average molecular weight is 289 g/mol. The highest BCUT2D eigenvalue weighted by atomic mass is 32.1. The van der Waals surface area contributed by atoms with Gasteiger partial charge in [0.05, 0.1) is 0 Å². The maximum absolute atomic E-state index is 13.0. The second-order valence-electron chi connectivity index (χ2n) is 4.53. The number of carbonyl (C=O) groups is 1. The lowest BCUT2D eigenvalue weighted by atomic mass is 10.1. The SMILES string of the molecule is CCN(C(=O)c1cc(S)ccc1C)c1ccc(F)cc1. The van der Waals surface area contributed by atoms with Crippen LogP contribution in [0, 0.1) is 12.7 Å². The predicted molar refractivity (Wildman–Crippen MR) is 82.2 cm³/mol. The van der Waals surface area contributed by atoms with Crippen LogP contribution in [-0.2, 0) is 0 Å². The van der Waals surface area contributed by atoms with Gasteiger partial charge >= 0.3 is 0 Å². The molecule has 0 bridgehead atoms. The van der Waals surface area contributed by atoms with Crippen LogP contribution in [0.3, 0.4) is 0 Å². The zero-order valence-corrected chi connectivity index (χ0v) is 12.3. The highest BCUT2D eigenvalue weighted by molar-refractivity contribution is 7.80. The molecular formula is C16H16FNOS. The van der Waals surface area contributed by atoms with E-state index in [2.05, 4.69) is 12.6 Å². The highest BCUT2D eigenvalue weighted by Crippen LogP contribution is 2.21. The number of halogens is 1. The summed E-state index contributed by atoms with van der Waals surface area (Å²) in [7, 11) is 0. The van der Waals surface area contributed by atoms with Gasteiger partial charge in [-0.05, 0) is 55.8 Å². The van der Waals surface area contributed by atoms with Crippen LogP contribution in [0.1, 0.15) is 22.8 Å². The number of nitrogens with zero attached hydrogens (tertiary/aromatic N) is 1. The minimum absolute atomic E-state index is 0.104. The summed E-state index contributed by atoms with van der Waals surface area (Å²) in [5, 5.41) is 0. The molecule has 0 N–H and O–H groups in total. The molecule has 0 heterocycles. The number of anilines is 1. The summed E-state index contributed by atoms with van der Waals surface area (Å²) >= 11 is 4.27. The Labute approximate surface area is 123 Å². The van der Waals surface area contributed by atoms with Gasteiger partial charge in [-0.2, -0.15) is 0 Å². The van der Waals surface area contributed by atoms with Crippen molar-refractivity contribution in [3.05, 3.63) is 59.4 Å². The number of thiol groups is 1. The van der Waals surface area contributed by atoms with Crippen molar-refractivity contribution < 1.29 is 9.18 Å².